The van der Waals surface area contributed by atoms with E-state index in [0.717, 1.165) is 12.1 Å². The van der Waals surface area contributed by atoms with Crippen molar-refractivity contribution in [3.63, 3.8) is 0 Å². The van der Waals surface area contributed by atoms with Gasteiger partial charge in [-0.3, -0.25) is 4.79 Å². The number of anilines is 1. The molecule has 4 nitrogen and oxygen atoms in total. The molecule has 0 aliphatic rings. The maximum Gasteiger partial charge on any atom is 0.225 e. The van der Waals surface area contributed by atoms with Gasteiger partial charge < -0.3 is 5.32 Å². The van der Waals surface area contributed by atoms with Crippen LogP contribution < -0.4 is 5.32 Å². The molecule has 2 rings (SSSR count). The zero-order valence-corrected chi connectivity index (χ0v) is 13.3. The van der Waals surface area contributed by atoms with E-state index in [-0.39, 0.29) is 22.0 Å². The summed E-state index contributed by atoms with van der Waals surface area (Å²) in [6.07, 6.45) is -0.369. The highest BCUT2D eigenvalue weighted by molar-refractivity contribution is 7.91. The average molecular weight is 360 g/mol. The lowest BCUT2D eigenvalue weighted by Gasteiger charge is -2.07. The number of carbonyl (C=O) groups is 1. The van der Waals surface area contributed by atoms with Gasteiger partial charge in [0, 0.05) is 17.5 Å². The van der Waals surface area contributed by atoms with Crippen LogP contribution in [0.1, 0.15) is 6.42 Å². The van der Waals surface area contributed by atoms with Crippen molar-refractivity contribution in [3.05, 3.63) is 59.1 Å². The first kappa shape index (κ1) is 17.4. The number of hydrogen-bond donors (Lipinski definition) is 1. The van der Waals surface area contributed by atoms with E-state index < -0.39 is 33.1 Å². The fourth-order valence-corrected chi connectivity index (χ4v) is 3.35. The van der Waals surface area contributed by atoms with Crippen molar-refractivity contribution in [3.8, 4) is 0 Å². The van der Waals surface area contributed by atoms with Crippen LogP contribution >= 0.6 is 11.6 Å². The third-order valence-electron chi connectivity index (χ3n) is 2.96. The fourth-order valence-electron chi connectivity index (χ4n) is 1.81. The Kier molecular flexibility index (Phi) is 5.33. The molecular formula is C15H12ClF2NO3S. The van der Waals surface area contributed by atoms with Gasteiger partial charge in [-0.25, -0.2) is 17.2 Å². The molecule has 122 valence electrons. The molecular weight excluding hydrogens is 348 g/mol. The van der Waals surface area contributed by atoms with E-state index in [1.807, 2.05) is 0 Å². The molecule has 0 aliphatic carbocycles. The molecule has 0 fully saturated rings. The third kappa shape index (κ3) is 4.74. The van der Waals surface area contributed by atoms with Gasteiger partial charge in [-0.1, -0.05) is 17.7 Å². The normalized spacial score (nSPS) is 11.3. The first-order valence-corrected chi connectivity index (χ1v) is 8.54. The Morgan fingerprint density at radius 3 is 2.52 bits per heavy atom. The van der Waals surface area contributed by atoms with Gasteiger partial charge in [-0.05, 0) is 30.3 Å². The monoisotopic (exact) mass is 359 g/mol. The minimum atomic E-state index is -3.69. The maximum atomic E-state index is 13.4. The number of carbonyl (C=O) groups excluding carboxylic acids is 1. The van der Waals surface area contributed by atoms with Crippen LogP contribution in [0.15, 0.2) is 47.4 Å². The first-order chi connectivity index (χ1) is 10.8. The zero-order valence-electron chi connectivity index (χ0n) is 11.7. The van der Waals surface area contributed by atoms with Gasteiger partial charge in [0.05, 0.1) is 16.3 Å². The second kappa shape index (κ2) is 7.06. The van der Waals surface area contributed by atoms with Crippen molar-refractivity contribution in [2.45, 2.75) is 11.3 Å². The van der Waals surface area contributed by atoms with Gasteiger partial charge in [-0.15, -0.1) is 0 Å². The summed E-state index contributed by atoms with van der Waals surface area (Å²) in [6, 6.07) is 8.36. The molecule has 0 atom stereocenters. The van der Waals surface area contributed by atoms with Crippen LogP contribution in [0, 0.1) is 11.6 Å². The van der Waals surface area contributed by atoms with Crippen molar-refractivity contribution in [1.29, 1.82) is 0 Å². The summed E-state index contributed by atoms with van der Waals surface area (Å²) in [5.74, 6) is -2.86. The molecule has 1 amide bonds. The van der Waals surface area contributed by atoms with Crippen LogP contribution in [0.3, 0.4) is 0 Å². The maximum absolute atomic E-state index is 13.4. The number of sulfone groups is 1. The van der Waals surface area contributed by atoms with E-state index in [2.05, 4.69) is 5.32 Å². The molecule has 0 saturated carbocycles. The molecule has 0 unspecified atom stereocenters. The minimum absolute atomic E-state index is 0.00534. The number of amides is 1. The van der Waals surface area contributed by atoms with Gasteiger partial charge in [0.15, 0.2) is 9.84 Å². The molecule has 0 saturated heterocycles. The van der Waals surface area contributed by atoms with Crippen molar-refractivity contribution >= 4 is 33.0 Å². The predicted octanol–water partition coefficient (Wildman–Crippen LogP) is 3.42. The summed E-state index contributed by atoms with van der Waals surface area (Å²) in [4.78, 5) is 11.7. The second-order valence-electron chi connectivity index (χ2n) is 4.70. The standard InChI is InChI=1S/C15H12ClF2NO3S/c16-10-2-1-3-12(8-10)23(21,22)7-6-15(20)19-14-5-4-11(17)9-13(14)18/h1-5,8-9H,6-7H2,(H,19,20). The first-order valence-electron chi connectivity index (χ1n) is 6.51. The molecule has 2 aromatic rings. The Morgan fingerprint density at radius 1 is 1.13 bits per heavy atom. The third-order valence-corrected chi connectivity index (χ3v) is 4.91. The largest absolute Gasteiger partial charge is 0.324 e. The van der Waals surface area contributed by atoms with Gasteiger partial charge in [0.25, 0.3) is 0 Å². The van der Waals surface area contributed by atoms with Gasteiger partial charge >= 0.3 is 0 Å². The lowest BCUT2D eigenvalue weighted by molar-refractivity contribution is -0.115. The van der Waals surface area contributed by atoms with Gasteiger partial charge in [0.2, 0.25) is 5.91 Å². The summed E-state index contributed by atoms with van der Waals surface area (Å²) in [5.41, 5.74) is -0.212. The highest BCUT2D eigenvalue weighted by Crippen LogP contribution is 2.18. The Balaban J connectivity index is 2.01. The zero-order chi connectivity index (χ0) is 17.0. The van der Waals surface area contributed by atoms with Gasteiger partial charge in [-0.2, -0.15) is 0 Å². The molecule has 23 heavy (non-hydrogen) atoms. The summed E-state index contributed by atoms with van der Waals surface area (Å²) >= 11 is 5.74. The Morgan fingerprint density at radius 2 is 1.87 bits per heavy atom. The van der Waals surface area contributed by atoms with E-state index >= 15 is 0 Å². The Hall–Kier alpha value is -1.99. The highest BCUT2D eigenvalue weighted by atomic mass is 35.5. The van der Waals surface area contributed by atoms with Crippen LogP contribution in [-0.4, -0.2) is 20.1 Å². The quantitative estimate of drug-likeness (QED) is 0.889. The van der Waals surface area contributed by atoms with E-state index in [0.29, 0.717) is 6.07 Å². The van der Waals surface area contributed by atoms with Gasteiger partial charge in [0.1, 0.15) is 11.6 Å². The second-order valence-corrected chi connectivity index (χ2v) is 7.24. The number of hydrogen-bond acceptors (Lipinski definition) is 3. The molecule has 0 bridgehead atoms. The number of benzene rings is 2. The molecule has 8 heteroatoms. The Labute approximate surface area is 137 Å². The smallest absolute Gasteiger partial charge is 0.225 e. The average Bonchev–Trinajstić information content (AvgIpc) is 2.48. The minimum Gasteiger partial charge on any atom is -0.324 e. The topological polar surface area (TPSA) is 63.2 Å². The summed E-state index contributed by atoms with van der Waals surface area (Å²) in [6.45, 7) is 0. The number of rotatable bonds is 5. The predicted molar refractivity (Wildman–Crippen MR) is 83.1 cm³/mol. The molecule has 0 aromatic heterocycles. The van der Waals surface area contributed by atoms with Crippen LogP contribution in [0.5, 0.6) is 0 Å². The van der Waals surface area contributed by atoms with E-state index in [1.54, 1.807) is 0 Å². The number of nitrogens with one attached hydrogen (secondary N) is 1. The van der Waals surface area contributed by atoms with Crippen molar-refractivity contribution < 1.29 is 22.0 Å². The van der Waals surface area contributed by atoms with E-state index in [9.17, 15) is 22.0 Å². The Bertz CT molecular complexity index is 840. The summed E-state index contributed by atoms with van der Waals surface area (Å²) in [7, 11) is -3.69. The fraction of sp³-hybridized carbons (Fsp3) is 0.133. The SMILES string of the molecule is O=C(CCS(=O)(=O)c1cccc(Cl)c1)Nc1ccc(F)cc1F. The van der Waals surface area contributed by atoms with Crippen LogP contribution in [0.4, 0.5) is 14.5 Å². The lowest BCUT2D eigenvalue weighted by atomic mass is 10.3. The molecule has 2 aromatic carbocycles. The molecule has 0 radical (unpaired) electrons. The van der Waals surface area contributed by atoms with Crippen molar-refractivity contribution in [2.24, 2.45) is 0 Å². The van der Waals surface area contributed by atoms with Crippen LogP contribution in [0.2, 0.25) is 5.02 Å². The van der Waals surface area contributed by atoms with Crippen molar-refractivity contribution in [2.75, 3.05) is 11.1 Å². The number of halogens is 3. The lowest BCUT2D eigenvalue weighted by Crippen LogP contribution is -2.18. The summed E-state index contributed by atoms with van der Waals surface area (Å²) in [5, 5.41) is 2.47. The molecule has 0 heterocycles. The van der Waals surface area contributed by atoms with Crippen LogP contribution in [-0.2, 0) is 14.6 Å². The molecule has 0 aliphatic heterocycles. The van der Waals surface area contributed by atoms with Crippen molar-refractivity contribution in [1.82, 2.24) is 0 Å². The van der Waals surface area contributed by atoms with E-state index in [4.69, 9.17) is 11.6 Å². The summed E-state index contributed by atoms with van der Waals surface area (Å²) < 4.78 is 50.4. The van der Waals surface area contributed by atoms with Crippen LogP contribution in [0.25, 0.3) is 0 Å². The van der Waals surface area contributed by atoms with E-state index in [1.165, 1.54) is 24.3 Å². The molecule has 1 N–H and O–H groups in total. The molecule has 0 spiro atoms. The highest BCUT2D eigenvalue weighted by Gasteiger charge is 2.17.